The summed E-state index contributed by atoms with van der Waals surface area (Å²) in [5.74, 6) is -0.676. The molecule has 1 saturated heterocycles. The van der Waals surface area contributed by atoms with E-state index >= 15 is 0 Å². The van der Waals surface area contributed by atoms with Crippen LogP contribution < -0.4 is 0 Å². The molecule has 1 aliphatic rings. The standard InChI is InChI=1S/C20H26FN3O4S.ClH/c1-3-4-11-28-20(25)23-9-6-10-24(15(2)14-23)29(26,27)18-8-5-7-16-12-22-13-17(21)19(16)18;/h5,7-8,12-13,15H,3-4,6,9-11,14H2,1-2H3;1H/t15-;/m0./s1. The van der Waals surface area contributed by atoms with Crippen LogP contribution in [0.25, 0.3) is 10.8 Å². The van der Waals surface area contributed by atoms with Crippen molar-refractivity contribution >= 4 is 39.3 Å². The maximum atomic E-state index is 14.4. The molecule has 0 spiro atoms. The monoisotopic (exact) mass is 459 g/mol. The van der Waals surface area contributed by atoms with Gasteiger partial charge in [0.2, 0.25) is 10.0 Å². The van der Waals surface area contributed by atoms with E-state index in [2.05, 4.69) is 4.98 Å². The van der Waals surface area contributed by atoms with Crippen LogP contribution in [0, 0.1) is 5.82 Å². The van der Waals surface area contributed by atoms with Gasteiger partial charge in [0.15, 0.2) is 5.82 Å². The molecule has 1 amide bonds. The molecule has 30 heavy (non-hydrogen) atoms. The number of ether oxygens (including phenoxy) is 1. The predicted molar refractivity (Wildman–Crippen MR) is 115 cm³/mol. The lowest BCUT2D eigenvalue weighted by Gasteiger charge is -2.28. The van der Waals surface area contributed by atoms with Crippen LogP contribution in [-0.4, -0.2) is 61.0 Å². The Bertz CT molecular complexity index is 984. The smallest absolute Gasteiger partial charge is 0.409 e. The molecule has 2 heterocycles. The number of unbranched alkanes of at least 4 members (excludes halogenated alkanes) is 1. The van der Waals surface area contributed by atoms with E-state index in [1.807, 2.05) is 6.92 Å². The zero-order valence-electron chi connectivity index (χ0n) is 17.1. The fourth-order valence-corrected chi connectivity index (χ4v) is 5.44. The van der Waals surface area contributed by atoms with Crippen molar-refractivity contribution in [2.75, 3.05) is 26.2 Å². The van der Waals surface area contributed by atoms with Gasteiger partial charge in [0, 0.05) is 42.6 Å². The molecule has 1 aliphatic heterocycles. The number of rotatable bonds is 5. The predicted octanol–water partition coefficient (Wildman–Crippen LogP) is 3.82. The van der Waals surface area contributed by atoms with Gasteiger partial charge in [-0.3, -0.25) is 4.98 Å². The van der Waals surface area contributed by atoms with Gasteiger partial charge in [0.25, 0.3) is 0 Å². The van der Waals surface area contributed by atoms with Crippen LogP contribution in [0.2, 0.25) is 0 Å². The van der Waals surface area contributed by atoms with Gasteiger partial charge in [0.1, 0.15) is 0 Å². The van der Waals surface area contributed by atoms with Crippen molar-refractivity contribution in [1.29, 1.82) is 0 Å². The summed E-state index contributed by atoms with van der Waals surface area (Å²) in [5, 5.41) is 0.462. The number of hydrogen-bond acceptors (Lipinski definition) is 5. The number of hydrogen-bond donors (Lipinski definition) is 0. The summed E-state index contributed by atoms with van der Waals surface area (Å²) >= 11 is 0. The van der Waals surface area contributed by atoms with Crippen molar-refractivity contribution in [2.24, 2.45) is 0 Å². The molecule has 0 bridgehead atoms. The van der Waals surface area contributed by atoms with Crippen molar-refractivity contribution in [3.63, 3.8) is 0 Å². The van der Waals surface area contributed by atoms with Crippen molar-refractivity contribution in [3.8, 4) is 0 Å². The zero-order chi connectivity index (χ0) is 21.0. The van der Waals surface area contributed by atoms with Crippen molar-refractivity contribution < 1.29 is 22.3 Å². The molecule has 0 saturated carbocycles. The highest BCUT2D eigenvalue weighted by atomic mass is 35.5. The van der Waals surface area contributed by atoms with E-state index in [0.29, 0.717) is 25.0 Å². The fourth-order valence-electron chi connectivity index (χ4n) is 3.56. The van der Waals surface area contributed by atoms with Crippen LogP contribution in [0.4, 0.5) is 9.18 Å². The summed E-state index contributed by atoms with van der Waals surface area (Å²) in [7, 11) is -3.97. The summed E-state index contributed by atoms with van der Waals surface area (Å²) in [6.45, 7) is 4.99. The Kier molecular flexibility index (Phi) is 8.40. The molecular formula is C20H27ClFN3O4S. The average Bonchev–Trinajstić information content (AvgIpc) is 2.90. The first-order chi connectivity index (χ1) is 13.9. The van der Waals surface area contributed by atoms with Gasteiger partial charge in [-0.05, 0) is 25.8 Å². The van der Waals surface area contributed by atoms with Crippen molar-refractivity contribution in [3.05, 3.63) is 36.4 Å². The van der Waals surface area contributed by atoms with Gasteiger partial charge >= 0.3 is 6.09 Å². The van der Waals surface area contributed by atoms with Crippen LogP contribution in [0.15, 0.2) is 35.5 Å². The molecule has 166 valence electrons. The van der Waals surface area contributed by atoms with Gasteiger partial charge in [0.05, 0.1) is 17.7 Å². The minimum atomic E-state index is -3.97. The van der Waals surface area contributed by atoms with E-state index in [1.165, 1.54) is 16.6 Å². The van der Waals surface area contributed by atoms with Crippen molar-refractivity contribution in [1.82, 2.24) is 14.2 Å². The minimum Gasteiger partial charge on any atom is -0.449 e. The molecule has 2 aromatic rings. The Balaban J connectivity index is 0.00000320. The fraction of sp³-hybridized carbons (Fsp3) is 0.500. The molecule has 7 nitrogen and oxygen atoms in total. The lowest BCUT2D eigenvalue weighted by Crippen LogP contribution is -2.44. The van der Waals surface area contributed by atoms with E-state index in [1.54, 1.807) is 24.0 Å². The molecule has 1 fully saturated rings. The summed E-state index contributed by atoms with van der Waals surface area (Å²) in [5.41, 5.74) is 0. The second kappa shape index (κ2) is 10.4. The Morgan fingerprint density at radius 1 is 1.30 bits per heavy atom. The van der Waals surface area contributed by atoms with E-state index in [-0.39, 0.29) is 35.8 Å². The maximum absolute atomic E-state index is 14.4. The number of pyridine rings is 1. The highest BCUT2D eigenvalue weighted by molar-refractivity contribution is 7.89. The first kappa shape index (κ1) is 24.3. The Labute approximate surface area is 182 Å². The highest BCUT2D eigenvalue weighted by Gasteiger charge is 2.35. The molecule has 10 heteroatoms. The third-order valence-electron chi connectivity index (χ3n) is 5.05. The summed E-state index contributed by atoms with van der Waals surface area (Å²) in [4.78, 5) is 17.6. The highest BCUT2D eigenvalue weighted by Crippen LogP contribution is 2.29. The zero-order valence-corrected chi connectivity index (χ0v) is 18.7. The Hall–Kier alpha value is -1.97. The van der Waals surface area contributed by atoms with E-state index in [4.69, 9.17) is 4.74 Å². The van der Waals surface area contributed by atoms with Gasteiger partial charge in [-0.1, -0.05) is 25.5 Å². The number of fused-ring (bicyclic) bond motifs is 1. The molecule has 1 aromatic heterocycles. The quantitative estimate of drug-likeness (QED) is 0.635. The normalized spacial score (nSPS) is 18.0. The first-order valence-corrected chi connectivity index (χ1v) is 11.3. The van der Waals surface area contributed by atoms with Crippen LogP contribution in [-0.2, 0) is 14.8 Å². The molecule has 1 atom stereocenters. The minimum absolute atomic E-state index is 0. The summed E-state index contributed by atoms with van der Waals surface area (Å²) in [6, 6.07) is 4.15. The molecule has 1 aromatic carbocycles. The topological polar surface area (TPSA) is 79.8 Å². The van der Waals surface area contributed by atoms with Gasteiger partial charge in [-0.25, -0.2) is 17.6 Å². The van der Waals surface area contributed by atoms with Gasteiger partial charge in [-0.2, -0.15) is 4.31 Å². The number of carbonyl (C=O) groups is 1. The van der Waals surface area contributed by atoms with Crippen LogP contribution in [0.3, 0.4) is 0 Å². The van der Waals surface area contributed by atoms with E-state index < -0.39 is 28.0 Å². The number of nitrogens with zero attached hydrogens (tertiary/aromatic N) is 3. The molecule has 0 unspecified atom stereocenters. The second-order valence-corrected chi connectivity index (χ2v) is 9.07. The maximum Gasteiger partial charge on any atom is 0.409 e. The molecule has 0 N–H and O–H groups in total. The van der Waals surface area contributed by atoms with Gasteiger partial charge in [-0.15, -0.1) is 12.4 Å². The summed E-state index contributed by atoms with van der Waals surface area (Å²) < 4.78 is 47.9. The molecule has 3 rings (SSSR count). The second-order valence-electron chi connectivity index (χ2n) is 7.21. The lowest BCUT2D eigenvalue weighted by molar-refractivity contribution is 0.0995. The third kappa shape index (κ3) is 5.01. The number of carbonyl (C=O) groups excluding carboxylic acids is 1. The van der Waals surface area contributed by atoms with Crippen LogP contribution >= 0.6 is 12.4 Å². The Morgan fingerprint density at radius 3 is 2.80 bits per heavy atom. The average molecular weight is 460 g/mol. The Morgan fingerprint density at radius 2 is 2.07 bits per heavy atom. The van der Waals surface area contributed by atoms with Crippen LogP contribution in [0.5, 0.6) is 0 Å². The number of aromatic nitrogens is 1. The third-order valence-corrected chi connectivity index (χ3v) is 7.11. The van der Waals surface area contributed by atoms with Crippen molar-refractivity contribution in [2.45, 2.75) is 44.0 Å². The van der Waals surface area contributed by atoms with Gasteiger partial charge < -0.3 is 9.64 Å². The first-order valence-electron chi connectivity index (χ1n) is 9.82. The lowest BCUT2D eigenvalue weighted by atomic mass is 10.2. The molecular weight excluding hydrogens is 433 g/mol. The molecule has 0 aliphatic carbocycles. The molecule has 0 radical (unpaired) electrons. The number of halogens is 2. The van der Waals surface area contributed by atoms with Crippen LogP contribution in [0.1, 0.15) is 33.1 Å². The number of benzene rings is 1. The summed E-state index contributed by atoms with van der Waals surface area (Å²) in [6.07, 6.45) is 4.22. The SMILES string of the molecule is CCCCOC(=O)N1CCCN(S(=O)(=O)c2cccc3cncc(F)c23)[C@@H](C)C1.Cl. The van der Waals surface area contributed by atoms with E-state index in [9.17, 15) is 17.6 Å². The van der Waals surface area contributed by atoms with E-state index in [0.717, 1.165) is 19.0 Å². The number of sulfonamides is 1. The number of amides is 1. The largest absolute Gasteiger partial charge is 0.449 e.